The molecule has 4 rings (SSSR count). The summed E-state index contributed by atoms with van der Waals surface area (Å²) in [6.07, 6.45) is 2.11. The Morgan fingerprint density at radius 1 is 1.38 bits per heavy atom. The Balaban J connectivity index is 1.57. The lowest BCUT2D eigenvalue weighted by molar-refractivity contribution is -0.117. The molecule has 0 spiro atoms. The summed E-state index contributed by atoms with van der Waals surface area (Å²) in [5.74, 6) is -0.223. The van der Waals surface area contributed by atoms with Crippen molar-refractivity contribution < 1.29 is 9.18 Å². The minimum atomic E-state index is -0.564. The highest BCUT2D eigenvalue weighted by atomic mass is 35.5. The zero-order valence-corrected chi connectivity index (χ0v) is 14.5. The first kappa shape index (κ1) is 16.5. The van der Waals surface area contributed by atoms with Gasteiger partial charge in [0, 0.05) is 19.3 Å². The lowest BCUT2D eigenvalue weighted by Gasteiger charge is -2.17. The van der Waals surface area contributed by atoms with Crippen LogP contribution < -0.4 is 16.0 Å². The van der Waals surface area contributed by atoms with Crippen LogP contribution in [-0.2, 0) is 11.8 Å². The highest BCUT2D eigenvalue weighted by molar-refractivity contribution is 6.30. The fraction of sp³-hybridized carbons (Fsp3) is 0.250. The fourth-order valence-electron chi connectivity index (χ4n) is 2.99. The number of nitrogens with two attached hydrogens (primary N) is 1. The lowest BCUT2D eigenvalue weighted by atomic mass is 10.2. The number of hydrogen-bond donors (Lipinski definition) is 2. The van der Waals surface area contributed by atoms with E-state index in [1.807, 2.05) is 0 Å². The second-order valence-corrected chi connectivity index (χ2v) is 6.42. The fourth-order valence-corrected chi connectivity index (χ4v) is 3.11. The van der Waals surface area contributed by atoms with E-state index in [1.54, 1.807) is 24.0 Å². The van der Waals surface area contributed by atoms with Crippen LogP contribution in [0.1, 0.15) is 6.42 Å². The minimum absolute atomic E-state index is 0.0171. The second-order valence-electron chi connectivity index (χ2n) is 6.01. The van der Waals surface area contributed by atoms with Crippen molar-refractivity contribution in [3.8, 4) is 0 Å². The first-order valence-electron chi connectivity index (χ1n) is 7.92. The van der Waals surface area contributed by atoms with Gasteiger partial charge in [0.05, 0.1) is 16.6 Å². The van der Waals surface area contributed by atoms with Crippen LogP contribution in [0.2, 0.25) is 5.02 Å². The van der Waals surface area contributed by atoms with Crippen LogP contribution in [0.25, 0.3) is 11.0 Å². The van der Waals surface area contributed by atoms with Crippen molar-refractivity contribution in [3.05, 3.63) is 35.2 Å². The number of aryl methyl sites for hydroxylation is 1. The van der Waals surface area contributed by atoms with E-state index in [1.165, 1.54) is 17.0 Å². The number of halogens is 2. The molecule has 0 bridgehead atoms. The summed E-state index contributed by atoms with van der Waals surface area (Å²) in [6, 6.07) is 3.76. The van der Waals surface area contributed by atoms with Gasteiger partial charge in [0.15, 0.2) is 5.65 Å². The van der Waals surface area contributed by atoms with Crippen LogP contribution in [0.4, 0.5) is 21.8 Å². The molecule has 1 fully saturated rings. The molecule has 1 aliphatic heterocycles. The molecule has 0 saturated carbocycles. The normalized spacial score (nSPS) is 17.3. The average Bonchev–Trinajstić information content (AvgIpc) is 3.15. The zero-order valence-electron chi connectivity index (χ0n) is 13.8. The Kier molecular flexibility index (Phi) is 3.87. The SMILES string of the molecule is Cn1ncc2c(N)nc(NC3CCN(c4ccc(Cl)c(F)c4)C3=O)nc21. The van der Waals surface area contributed by atoms with E-state index >= 15 is 0 Å². The Labute approximate surface area is 152 Å². The van der Waals surface area contributed by atoms with Gasteiger partial charge in [0.2, 0.25) is 11.9 Å². The van der Waals surface area contributed by atoms with E-state index in [4.69, 9.17) is 17.3 Å². The number of benzene rings is 1. The molecule has 1 aliphatic rings. The molecule has 3 heterocycles. The first-order valence-corrected chi connectivity index (χ1v) is 8.30. The number of aromatic nitrogens is 4. The maximum absolute atomic E-state index is 13.7. The van der Waals surface area contributed by atoms with Gasteiger partial charge in [-0.25, -0.2) is 4.39 Å². The highest BCUT2D eigenvalue weighted by Crippen LogP contribution is 2.27. The number of fused-ring (bicyclic) bond motifs is 1. The van der Waals surface area contributed by atoms with Gasteiger partial charge in [-0.2, -0.15) is 15.1 Å². The summed E-state index contributed by atoms with van der Waals surface area (Å²) in [7, 11) is 1.75. The summed E-state index contributed by atoms with van der Waals surface area (Å²) in [6.45, 7) is 0.445. The second kappa shape index (κ2) is 6.10. The number of amides is 1. The quantitative estimate of drug-likeness (QED) is 0.725. The summed E-state index contributed by atoms with van der Waals surface area (Å²) in [5, 5.41) is 7.77. The van der Waals surface area contributed by atoms with Gasteiger partial charge in [-0.15, -0.1) is 0 Å². The van der Waals surface area contributed by atoms with Gasteiger partial charge in [0.25, 0.3) is 0 Å². The van der Waals surface area contributed by atoms with Crippen molar-refractivity contribution in [1.82, 2.24) is 19.7 Å². The number of rotatable bonds is 3. The largest absolute Gasteiger partial charge is 0.383 e. The van der Waals surface area contributed by atoms with Crippen LogP contribution in [0.5, 0.6) is 0 Å². The maximum Gasteiger partial charge on any atom is 0.249 e. The monoisotopic (exact) mass is 375 g/mol. The summed E-state index contributed by atoms with van der Waals surface area (Å²) in [4.78, 5) is 22.7. The van der Waals surface area contributed by atoms with Crippen molar-refractivity contribution >= 4 is 46.0 Å². The van der Waals surface area contributed by atoms with Gasteiger partial charge in [-0.3, -0.25) is 9.48 Å². The third-order valence-corrected chi connectivity index (χ3v) is 4.65. The number of nitrogens with one attached hydrogen (secondary N) is 1. The predicted molar refractivity (Wildman–Crippen MR) is 96.5 cm³/mol. The van der Waals surface area contributed by atoms with Gasteiger partial charge < -0.3 is 16.0 Å². The van der Waals surface area contributed by atoms with E-state index in [9.17, 15) is 9.18 Å². The average molecular weight is 376 g/mol. The Hall–Kier alpha value is -2.94. The molecule has 0 radical (unpaired) electrons. The van der Waals surface area contributed by atoms with Gasteiger partial charge >= 0.3 is 0 Å². The molecule has 1 atom stereocenters. The van der Waals surface area contributed by atoms with E-state index in [-0.39, 0.29) is 22.7 Å². The smallest absolute Gasteiger partial charge is 0.249 e. The molecule has 1 unspecified atom stereocenters. The third kappa shape index (κ3) is 2.70. The number of carbonyl (C=O) groups excluding carboxylic acids is 1. The lowest BCUT2D eigenvalue weighted by Crippen LogP contribution is -2.34. The maximum atomic E-state index is 13.7. The van der Waals surface area contributed by atoms with E-state index in [0.717, 1.165) is 0 Å². The predicted octanol–water partition coefficient (Wildman–Crippen LogP) is 1.96. The van der Waals surface area contributed by atoms with Crippen molar-refractivity contribution in [1.29, 1.82) is 0 Å². The molecule has 134 valence electrons. The van der Waals surface area contributed by atoms with E-state index in [0.29, 0.717) is 29.7 Å². The molecule has 26 heavy (non-hydrogen) atoms. The molecule has 2 aromatic heterocycles. The van der Waals surface area contributed by atoms with Crippen LogP contribution in [-0.4, -0.2) is 38.2 Å². The molecular weight excluding hydrogens is 361 g/mol. The van der Waals surface area contributed by atoms with Gasteiger partial charge in [0.1, 0.15) is 17.7 Å². The standard InChI is InChI=1S/C16H15ClFN7O/c1-24-14-9(7-20-24)13(19)22-16(23-14)21-12-4-5-25(15(12)26)8-2-3-10(17)11(18)6-8/h2-3,6-7,12H,4-5H2,1H3,(H3,19,21,22,23). The molecule has 3 N–H and O–H groups in total. The number of carbonyl (C=O) groups is 1. The van der Waals surface area contributed by atoms with E-state index in [2.05, 4.69) is 20.4 Å². The Morgan fingerprint density at radius 3 is 2.96 bits per heavy atom. The zero-order chi connectivity index (χ0) is 18.4. The minimum Gasteiger partial charge on any atom is -0.383 e. The third-order valence-electron chi connectivity index (χ3n) is 4.35. The van der Waals surface area contributed by atoms with Crippen molar-refractivity contribution in [3.63, 3.8) is 0 Å². The van der Waals surface area contributed by atoms with E-state index < -0.39 is 11.9 Å². The molecule has 1 amide bonds. The van der Waals surface area contributed by atoms with Crippen LogP contribution in [0.15, 0.2) is 24.4 Å². The Morgan fingerprint density at radius 2 is 2.19 bits per heavy atom. The van der Waals surface area contributed by atoms with Crippen molar-refractivity contribution in [2.24, 2.45) is 7.05 Å². The molecule has 1 saturated heterocycles. The summed E-state index contributed by atoms with van der Waals surface area (Å²) < 4.78 is 15.3. The van der Waals surface area contributed by atoms with Crippen LogP contribution in [0.3, 0.4) is 0 Å². The molecule has 0 aliphatic carbocycles. The number of nitrogens with zero attached hydrogens (tertiary/aromatic N) is 5. The molecular formula is C16H15ClFN7O. The van der Waals surface area contributed by atoms with Gasteiger partial charge in [-0.05, 0) is 24.6 Å². The number of anilines is 3. The number of hydrogen-bond acceptors (Lipinski definition) is 6. The molecule has 8 nitrogen and oxygen atoms in total. The van der Waals surface area contributed by atoms with Crippen molar-refractivity contribution in [2.45, 2.75) is 12.5 Å². The summed E-state index contributed by atoms with van der Waals surface area (Å²) in [5.41, 5.74) is 6.97. The first-order chi connectivity index (χ1) is 12.4. The topological polar surface area (TPSA) is 102 Å². The van der Waals surface area contributed by atoms with Crippen LogP contribution in [0, 0.1) is 5.82 Å². The summed E-state index contributed by atoms with van der Waals surface area (Å²) >= 11 is 5.70. The molecule has 1 aromatic carbocycles. The van der Waals surface area contributed by atoms with Crippen molar-refractivity contribution in [2.75, 3.05) is 22.5 Å². The van der Waals surface area contributed by atoms with Gasteiger partial charge in [-0.1, -0.05) is 11.6 Å². The molecule has 3 aromatic rings. The Bertz CT molecular complexity index is 1020. The number of nitrogen functional groups attached to an aromatic ring is 1. The molecule has 10 heteroatoms. The highest BCUT2D eigenvalue weighted by Gasteiger charge is 2.33. The van der Waals surface area contributed by atoms with Crippen LogP contribution >= 0.6 is 11.6 Å².